The lowest BCUT2D eigenvalue weighted by molar-refractivity contribution is -0.577. The zero-order valence-corrected chi connectivity index (χ0v) is 43.2. The van der Waals surface area contributed by atoms with Crippen LogP contribution in [0.25, 0.3) is 0 Å². The predicted molar refractivity (Wildman–Crippen MR) is 265 cm³/mol. The number of benzene rings is 2. The van der Waals surface area contributed by atoms with E-state index in [1.54, 1.807) is 12.1 Å². The van der Waals surface area contributed by atoms with Crippen LogP contribution in [0, 0.1) is 47.3 Å². The van der Waals surface area contributed by atoms with E-state index >= 15 is 0 Å². The van der Waals surface area contributed by atoms with Gasteiger partial charge in [-0.1, -0.05) is 52.0 Å². The molecule has 10 fully saturated rings. The molecule has 71 heavy (non-hydrogen) atoms. The lowest BCUT2D eigenvalue weighted by atomic mass is 9.56. The van der Waals surface area contributed by atoms with E-state index in [0.29, 0.717) is 61.5 Å². The summed E-state index contributed by atoms with van der Waals surface area (Å²) in [6.45, 7) is 16.8. The third-order valence-electron chi connectivity index (χ3n) is 17.6. The molecule has 10 aliphatic rings. The number of carboxylic acid groups (broad SMARTS) is 1. The maximum Gasteiger partial charge on any atom is 0.335 e. The summed E-state index contributed by atoms with van der Waals surface area (Å²) in [6, 6.07) is 14.4. The number of carbonyl (C=O) groups excluding carboxylic acids is 1. The van der Waals surface area contributed by atoms with E-state index in [2.05, 4.69) is 39.9 Å². The van der Waals surface area contributed by atoms with Crippen molar-refractivity contribution in [2.75, 3.05) is 26.2 Å². The molecule has 2 spiro atoms. The van der Waals surface area contributed by atoms with E-state index in [1.807, 2.05) is 43.3 Å². The van der Waals surface area contributed by atoms with Crippen molar-refractivity contribution in [3.05, 3.63) is 70.8 Å². The number of hydrogen-bond donors (Lipinski definition) is 5. The van der Waals surface area contributed by atoms with Crippen LogP contribution in [0.5, 0.6) is 0 Å². The standard InChI is InChI=1S/C27H40N2O6.C24H32O6.C4H12N2/c1-17-6-11-22-18(2)24(32-25-27(22)21(17)12-13-26(3,33-25)34-35-27)31-16-19-7-9-20(10-8-19)23(30)29-15-5-4-14-28;1-14-4-9-19-15(2)22(27-13-16-5-7-17(8-6-16)21(25)26)28-20-12-23(3)11-10-18(14)24(19,20)30-29-23;5-3-1-2-4-6/h7-10,17-18,21-22,24-25H,4-6,11-16,28H2,1-3H3,(H,29,30);5-8,14-15,18-20,22H,4,9-13H2,1-3H3,(H,25,26);1-6H2/t17-,18-,21?,22?,24+,25?,26-,27-;14-,15-,18?,19?,20?,22+,23+,24-;/m11./s1. The third kappa shape index (κ3) is 11.3. The minimum absolute atomic E-state index is 0.0212. The maximum absolute atomic E-state index is 12.3. The number of aromatic carboxylic acids is 1. The lowest BCUT2D eigenvalue weighted by Gasteiger charge is -2.61. The summed E-state index contributed by atoms with van der Waals surface area (Å²) in [4.78, 5) is 47.8. The number of nitrogens with one attached hydrogen (secondary N) is 1. The van der Waals surface area contributed by atoms with Gasteiger partial charge in [-0.2, -0.15) is 0 Å². The number of unbranched alkanes of at least 4 members (excludes halogenated alkanes) is 2. The molecule has 12 rings (SSSR count). The molecule has 16 heteroatoms. The second kappa shape index (κ2) is 23.2. The Bertz CT molecular complexity index is 2060. The van der Waals surface area contributed by atoms with E-state index in [4.69, 9.17) is 65.5 Å². The smallest absolute Gasteiger partial charge is 0.335 e. The summed E-state index contributed by atoms with van der Waals surface area (Å²) in [7, 11) is 0. The molecule has 7 saturated heterocycles. The second-order valence-electron chi connectivity index (χ2n) is 22.5. The van der Waals surface area contributed by atoms with Gasteiger partial charge in [-0.3, -0.25) is 4.79 Å². The molecule has 8 N–H and O–H groups in total. The monoisotopic (exact) mass is 993 g/mol. The van der Waals surface area contributed by atoms with Gasteiger partial charge in [0.25, 0.3) is 5.91 Å². The largest absolute Gasteiger partial charge is 0.478 e. The van der Waals surface area contributed by atoms with Crippen LogP contribution in [-0.2, 0) is 56.4 Å². The SMILES string of the molecule is C[C@@H]1CCC2[C@@H](C)[C@@H](OCc3ccc(C(=O)NCCCCN)cc3)OC3O[C@@]4(C)CCC1[C@]32OO4.C[C@@H]1CCC2[C@@H](C)[C@@H](OCc3ccc(C(=O)O)cc3)OC3C[C@]4(C)CCC1[C@]32OO4.NCCCCN. The lowest BCUT2D eigenvalue weighted by Crippen LogP contribution is -2.70. The van der Waals surface area contributed by atoms with Gasteiger partial charge in [-0.15, -0.1) is 0 Å². The summed E-state index contributed by atoms with van der Waals surface area (Å²) >= 11 is 0. The predicted octanol–water partition coefficient (Wildman–Crippen LogP) is 8.13. The van der Waals surface area contributed by atoms with E-state index in [1.165, 1.54) is 6.42 Å². The molecule has 6 unspecified atom stereocenters. The first-order chi connectivity index (χ1) is 34.1. The van der Waals surface area contributed by atoms with Crippen molar-refractivity contribution in [3.63, 3.8) is 0 Å². The molecule has 7 heterocycles. The number of carboxylic acids is 1. The van der Waals surface area contributed by atoms with Crippen molar-refractivity contribution >= 4 is 11.9 Å². The fraction of sp³-hybridized carbons (Fsp3) is 0.745. The first-order valence-electron chi connectivity index (χ1n) is 26.9. The normalized spacial score (nSPS) is 39.5. The molecule has 2 aromatic rings. The minimum atomic E-state index is -0.919. The molecule has 7 aliphatic heterocycles. The number of nitrogens with two attached hydrogens (primary N) is 3. The minimum Gasteiger partial charge on any atom is -0.478 e. The van der Waals surface area contributed by atoms with Crippen molar-refractivity contribution in [3.8, 4) is 0 Å². The molecule has 3 aliphatic carbocycles. The molecule has 1 amide bonds. The van der Waals surface area contributed by atoms with Crippen molar-refractivity contribution in [2.24, 2.45) is 64.5 Å². The van der Waals surface area contributed by atoms with Crippen LogP contribution in [0.1, 0.15) is 157 Å². The Hall–Kier alpha value is -3.10. The van der Waals surface area contributed by atoms with Gasteiger partial charge >= 0.3 is 5.97 Å². The highest BCUT2D eigenvalue weighted by atomic mass is 17.3. The maximum atomic E-state index is 12.3. The summed E-state index contributed by atoms with van der Waals surface area (Å²) in [6.07, 6.45) is 12.0. The summed E-state index contributed by atoms with van der Waals surface area (Å²) in [5.74, 6) is 1.07. The van der Waals surface area contributed by atoms with E-state index in [-0.39, 0.29) is 52.8 Å². The molecule has 3 saturated carbocycles. The Kier molecular flexibility index (Phi) is 17.7. The summed E-state index contributed by atoms with van der Waals surface area (Å²) in [5.41, 5.74) is 17.4. The average molecular weight is 993 g/mol. The highest BCUT2D eigenvalue weighted by Gasteiger charge is 2.70. The van der Waals surface area contributed by atoms with Gasteiger partial charge in [-0.25, -0.2) is 24.3 Å². The van der Waals surface area contributed by atoms with Gasteiger partial charge < -0.3 is 51.3 Å². The van der Waals surface area contributed by atoms with Gasteiger partial charge in [0.1, 0.15) is 11.2 Å². The summed E-state index contributed by atoms with van der Waals surface area (Å²) < 4.78 is 32.1. The Labute approximate surface area is 421 Å². The molecule has 16 nitrogen and oxygen atoms in total. The molecule has 4 bridgehead atoms. The van der Waals surface area contributed by atoms with Crippen molar-refractivity contribution in [1.82, 2.24) is 5.32 Å². The highest BCUT2D eigenvalue weighted by Crippen LogP contribution is 2.63. The average Bonchev–Trinajstić information content (AvgIpc) is 3.75. The van der Waals surface area contributed by atoms with E-state index in [0.717, 1.165) is 101 Å². The van der Waals surface area contributed by atoms with Crippen LogP contribution in [-0.4, -0.2) is 90.7 Å². The van der Waals surface area contributed by atoms with Gasteiger partial charge in [0, 0.05) is 48.6 Å². The van der Waals surface area contributed by atoms with Crippen LogP contribution in [0.4, 0.5) is 0 Å². The molecular weight excluding hydrogens is 909 g/mol. The zero-order valence-electron chi connectivity index (χ0n) is 43.2. The van der Waals surface area contributed by atoms with Gasteiger partial charge in [0.15, 0.2) is 24.5 Å². The van der Waals surface area contributed by atoms with E-state index < -0.39 is 29.9 Å². The topological polar surface area (TPSA) is 228 Å². The van der Waals surface area contributed by atoms with Crippen molar-refractivity contribution in [2.45, 2.75) is 186 Å². The molecule has 16 atom stereocenters. The fourth-order valence-electron chi connectivity index (χ4n) is 13.4. The molecular formula is C55H84N4O12. The van der Waals surface area contributed by atoms with Crippen molar-refractivity contribution in [1.29, 1.82) is 0 Å². The third-order valence-corrected chi connectivity index (χ3v) is 17.6. The first kappa shape index (κ1) is 54.2. The Morgan fingerprint density at radius 1 is 0.634 bits per heavy atom. The van der Waals surface area contributed by atoms with Crippen LogP contribution in [0.3, 0.4) is 0 Å². The molecule has 396 valence electrons. The van der Waals surface area contributed by atoms with Gasteiger partial charge in [0.05, 0.1) is 24.9 Å². The van der Waals surface area contributed by atoms with Gasteiger partial charge in [-0.05, 0) is 163 Å². The Balaban J connectivity index is 0.000000172. The number of carbonyl (C=O) groups is 2. The Morgan fingerprint density at radius 2 is 1.15 bits per heavy atom. The number of rotatable bonds is 15. The zero-order chi connectivity index (χ0) is 50.6. The van der Waals surface area contributed by atoms with Crippen molar-refractivity contribution < 1.29 is 57.9 Å². The van der Waals surface area contributed by atoms with Crippen LogP contribution in [0.2, 0.25) is 0 Å². The number of fused-ring (bicyclic) bond motifs is 4. The fourth-order valence-corrected chi connectivity index (χ4v) is 13.4. The molecule has 0 radical (unpaired) electrons. The van der Waals surface area contributed by atoms with Crippen LogP contribution >= 0.6 is 0 Å². The number of hydrogen-bond acceptors (Lipinski definition) is 14. The van der Waals surface area contributed by atoms with E-state index in [9.17, 15) is 9.59 Å². The first-order valence-corrected chi connectivity index (χ1v) is 26.9. The highest BCUT2D eigenvalue weighted by molar-refractivity contribution is 5.94. The quantitative estimate of drug-likeness (QED) is 0.0838. The number of amides is 1. The van der Waals surface area contributed by atoms with Crippen LogP contribution in [0.15, 0.2) is 48.5 Å². The van der Waals surface area contributed by atoms with Crippen LogP contribution < -0.4 is 22.5 Å². The number of ether oxygens (including phenoxy) is 5. The molecule has 2 aromatic carbocycles. The van der Waals surface area contributed by atoms with Gasteiger partial charge in [0.2, 0.25) is 5.79 Å². The molecule has 0 aromatic heterocycles. The Morgan fingerprint density at radius 3 is 1.75 bits per heavy atom. The summed E-state index contributed by atoms with van der Waals surface area (Å²) in [5, 5.41) is 12.0. The second-order valence-corrected chi connectivity index (χ2v) is 22.5.